The molecule has 1 rings (SSSR count). The van der Waals surface area contributed by atoms with Gasteiger partial charge in [-0.15, -0.1) is 0 Å². The highest BCUT2D eigenvalue weighted by molar-refractivity contribution is 6.01. The molecular weight excluding hydrogens is 286 g/mol. The van der Waals surface area contributed by atoms with Gasteiger partial charge in [-0.1, -0.05) is 82.9 Å². The first-order valence-electron chi connectivity index (χ1n) is 9.12. The van der Waals surface area contributed by atoms with Gasteiger partial charge in [-0.25, -0.2) is 0 Å². The number of unbranched alkanes of at least 4 members (excludes halogenated alkanes) is 9. The Kier molecular flexibility index (Phi) is 10.9. The second-order valence-corrected chi connectivity index (χ2v) is 6.14. The predicted molar refractivity (Wildman–Crippen MR) is 96.0 cm³/mol. The molecule has 3 nitrogen and oxygen atoms in total. The zero-order chi connectivity index (χ0) is 16.8. The zero-order valence-corrected chi connectivity index (χ0v) is 14.5. The predicted octanol–water partition coefficient (Wildman–Crippen LogP) is 5.15. The fraction of sp³-hybridized carbons (Fsp3) is 0.600. The van der Waals surface area contributed by atoms with Gasteiger partial charge in [0.2, 0.25) is 0 Å². The number of hydrogen-bond acceptors (Lipinski definition) is 2. The maximum absolute atomic E-state index is 12.0. The van der Waals surface area contributed by atoms with Gasteiger partial charge in [0.25, 0.3) is 5.91 Å². The van der Waals surface area contributed by atoms with Crippen LogP contribution in [-0.4, -0.2) is 18.7 Å². The third kappa shape index (κ3) is 8.53. The Morgan fingerprint density at radius 3 is 2.09 bits per heavy atom. The number of carbonyl (C=O) groups is 2. The van der Waals surface area contributed by atoms with Crippen LogP contribution in [0.4, 0.5) is 0 Å². The highest BCUT2D eigenvalue weighted by atomic mass is 16.1. The van der Waals surface area contributed by atoms with E-state index >= 15 is 0 Å². The van der Waals surface area contributed by atoms with Crippen molar-refractivity contribution >= 4 is 12.2 Å². The number of rotatable bonds is 13. The van der Waals surface area contributed by atoms with Gasteiger partial charge in [-0.3, -0.25) is 9.59 Å². The molecule has 0 unspecified atom stereocenters. The molecule has 1 amide bonds. The van der Waals surface area contributed by atoms with E-state index in [1.807, 2.05) is 0 Å². The largest absolute Gasteiger partial charge is 0.352 e. The van der Waals surface area contributed by atoms with Crippen molar-refractivity contribution in [1.82, 2.24) is 5.32 Å². The molecule has 23 heavy (non-hydrogen) atoms. The fourth-order valence-corrected chi connectivity index (χ4v) is 2.72. The van der Waals surface area contributed by atoms with E-state index in [-0.39, 0.29) is 5.91 Å². The normalized spacial score (nSPS) is 10.5. The Morgan fingerprint density at radius 1 is 0.913 bits per heavy atom. The molecule has 0 radical (unpaired) electrons. The molecule has 0 aromatic heterocycles. The standard InChI is InChI=1S/C20H31NO2/c1-2-3-4-5-6-7-8-9-10-13-16-21-20(23)19-15-12-11-14-18(19)17-22/h11-12,14-15,17H,2-10,13,16H2,1H3,(H,21,23). The van der Waals surface area contributed by atoms with Gasteiger partial charge in [0.05, 0.1) is 0 Å². The summed E-state index contributed by atoms with van der Waals surface area (Å²) in [6, 6.07) is 6.91. The third-order valence-electron chi connectivity index (χ3n) is 4.15. The van der Waals surface area contributed by atoms with Crippen molar-refractivity contribution in [3.63, 3.8) is 0 Å². The lowest BCUT2D eigenvalue weighted by Gasteiger charge is -2.07. The van der Waals surface area contributed by atoms with Gasteiger partial charge in [0.15, 0.2) is 6.29 Å². The van der Waals surface area contributed by atoms with Gasteiger partial charge in [-0.05, 0) is 12.5 Å². The van der Waals surface area contributed by atoms with Gasteiger partial charge in [0.1, 0.15) is 0 Å². The molecular formula is C20H31NO2. The number of aldehydes is 1. The molecule has 1 aromatic carbocycles. The molecule has 0 aliphatic heterocycles. The van der Waals surface area contributed by atoms with Crippen molar-refractivity contribution in [1.29, 1.82) is 0 Å². The smallest absolute Gasteiger partial charge is 0.252 e. The molecule has 0 atom stereocenters. The van der Waals surface area contributed by atoms with Gasteiger partial charge in [0, 0.05) is 17.7 Å². The maximum Gasteiger partial charge on any atom is 0.252 e. The Hall–Kier alpha value is -1.64. The lowest BCUT2D eigenvalue weighted by molar-refractivity contribution is 0.0947. The van der Waals surface area contributed by atoms with Crippen molar-refractivity contribution in [3.05, 3.63) is 35.4 Å². The van der Waals surface area contributed by atoms with E-state index < -0.39 is 0 Å². The molecule has 0 aliphatic rings. The molecule has 0 spiro atoms. The van der Waals surface area contributed by atoms with E-state index in [2.05, 4.69) is 12.2 Å². The Labute approximate surface area is 140 Å². The maximum atomic E-state index is 12.0. The lowest BCUT2D eigenvalue weighted by atomic mass is 10.1. The zero-order valence-electron chi connectivity index (χ0n) is 14.5. The molecule has 0 bridgehead atoms. The van der Waals surface area contributed by atoms with E-state index in [0.29, 0.717) is 17.7 Å². The van der Waals surface area contributed by atoms with E-state index in [4.69, 9.17) is 0 Å². The number of hydrogen-bond donors (Lipinski definition) is 1. The molecule has 128 valence electrons. The summed E-state index contributed by atoms with van der Waals surface area (Å²) in [5.74, 6) is -0.149. The van der Waals surface area contributed by atoms with Crippen LogP contribution in [0.1, 0.15) is 91.8 Å². The lowest BCUT2D eigenvalue weighted by Crippen LogP contribution is -2.25. The fourth-order valence-electron chi connectivity index (χ4n) is 2.72. The average molecular weight is 317 g/mol. The third-order valence-corrected chi connectivity index (χ3v) is 4.15. The van der Waals surface area contributed by atoms with E-state index in [1.165, 1.54) is 51.4 Å². The topological polar surface area (TPSA) is 46.2 Å². The van der Waals surface area contributed by atoms with Crippen LogP contribution < -0.4 is 5.32 Å². The van der Waals surface area contributed by atoms with Crippen molar-refractivity contribution in [2.45, 2.75) is 71.1 Å². The van der Waals surface area contributed by atoms with Gasteiger partial charge in [-0.2, -0.15) is 0 Å². The summed E-state index contributed by atoms with van der Waals surface area (Å²) >= 11 is 0. The number of carbonyl (C=O) groups excluding carboxylic acids is 2. The summed E-state index contributed by atoms with van der Waals surface area (Å²) in [4.78, 5) is 22.9. The SMILES string of the molecule is CCCCCCCCCCCCNC(=O)c1ccccc1C=O. The molecule has 1 aromatic rings. The summed E-state index contributed by atoms with van der Waals surface area (Å²) < 4.78 is 0. The second-order valence-electron chi connectivity index (χ2n) is 6.14. The van der Waals surface area contributed by atoms with Crippen molar-refractivity contribution in [2.24, 2.45) is 0 Å². The Balaban J connectivity index is 2.02. The molecule has 0 fully saturated rings. The molecule has 1 N–H and O–H groups in total. The van der Waals surface area contributed by atoms with Crippen LogP contribution >= 0.6 is 0 Å². The first kappa shape index (κ1) is 19.4. The van der Waals surface area contributed by atoms with Crippen molar-refractivity contribution < 1.29 is 9.59 Å². The van der Waals surface area contributed by atoms with Crippen LogP contribution in [0.5, 0.6) is 0 Å². The highest BCUT2D eigenvalue weighted by Crippen LogP contribution is 2.10. The van der Waals surface area contributed by atoms with Crippen LogP contribution in [0.2, 0.25) is 0 Å². The number of amides is 1. The van der Waals surface area contributed by atoms with E-state index in [9.17, 15) is 9.59 Å². The molecule has 0 heterocycles. The van der Waals surface area contributed by atoms with Gasteiger partial charge < -0.3 is 5.32 Å². The van der Waals surface area contributed by atoms with Crippen LogP contribution in [-0.2, 0) is 0 Å². The first-order valence-corrected chi connectivity index (χ1v) is 9.12. The highest BCUT2D eigenvalue weighted by Gasteiger charge is 2.08. The van der Waals surface area contributed by atoms with Crippen molar-refractivity contribution in [3.8, 4) is 0 Å². The molecule has 3 heteroatoms. The van der Waals surface area contributed by atoms with Crippen LogP contribution in [0.25, 0.3) is 0 Å². The summed E-state index contributed by atoms with van der Waals surface area (Å²) in [5.41, 5.74) is 0.919. The van der Waals surface area contributed by atoms with Crippen LogP contribution in [0, 0.1) is 0 Å². The second kappa shape index (κ2) is 12.9. The minimum absolute atomic E-state index is 0.149. The minimum atomic E-state index is -0.149. The first-order chi connectivity index (χ1) is 11.3. The van der Waals surface area contributed by atoms with Crippen molar-refractivity contribution in [2.75, 3.05) is 6.54 Å². The molecule has 0 saturated carbocycles. The Bertz CT molecular complexity index is 457. The number of benzene rings is 1. The summed E-state index contributed by atoms with van der Waals surface area (Å²) in [5, 5.41) is 2.90. The summed E-state index contributed by atoms with van der Waals surface area (Å²) in [6.45, 7) is 2.93. The monoisotopic (exact) mass is 317 g/mol. The summed E-state index contributed by atoms with van der Waals surface area (Å²) in [6.07, 6.45) is 13.6. The van der Waals surface area contributed by atoms with E-state index in [1.54, 1.807) is 24.3 Å². The van der Waals surface area contributed by atoms with Crippen LogP contribution in [0.15, 0.2) is 24.3 Å². The number of nitrogens with one attached hydrogen (secondary N) is 1. The minimum Gasteiger partial charge on any atom is -0.352 e. The van der Waals surface area contributed by atoms with E-state index in [0.717, 1.165) is 19.1 Å². The average Bonchev–Trinajstić information content (AvgIpc) is 2.59. The quantitative estimate of drug-likeness (QED) is 0.404. The van der Waals surface area contributed by atoms with Gasteiger partial charge >= 0.3 is 0 Å². The molecule has 0 saturated heterocycles. The Morgan fingerprint density at radius 2 is 1.48 bits per heavy atom. The molecule has 0 aliphatic carbocycles. The van der Waals surface area contributed by atoms with Crippen LogP contribution in [0.3, 0.4) is 0 Å². The summed E-state index contributed by atoms with van der Waals surface area (Å²) in [7, 11) is 0.